The second-order valence-electron chi connectivity index (χ2n) is 9.18. The molecule has 11 atom stereocenters. The standard InChI is InChI=1S/C23H28O13/c1-31-12-6-9(2-3-11(12)26)20(30)34-18-10-4-5-32-21(14(10)23(8-25)19(18)36-23)35-22-17(29)16(28)15(27)13(7-24)33-22/h2-6,10,13-19,21-22,24-29H,7-8H2,1H3/t10-,13-,14-,15-,16-,17-,18-,19-,21-,22+,23-/m1/s1. The van der Waals surface area contributed by atoms with Gasteiger partial charge in [-0.15, -0.1) is 0 Å². The molecule has 198 valence electrons. The molecule has 1 saturated carbocycles. The minimum absolute atomic E-state index is 0.0973. The van der Waals surface area contributed by atoms with Gasteiger partial charge in [0, 0.05) is 5.92 Å². The van der Waals surface area contributed by atoms with E-state index in [2.05, 4.69) is 0 Å². The van der Waals surface area contributed by atoms with Gasteiger partial charge in [0.2, 0.25) is 6.29 Å². The number of ether oxygens (including phenoxy) is 6. The summed E-state index contributed by atoms with van der Waals surface area (Å²) >= 11 is 0. The topological polar surface area (TPSA) is 197 Å². The molecule has 3 aliphatic heterocycles. The normalized spacial score (nSPS) is 42.7. The van der Waals surface area contributed by atoms with Crippen LogP contribution >= 0.6 is 0 Å². The lowest BCUT2D eigenvalue weighted by Gasteiger charge is -2.43. The van der Waals surface area contributed by atoms with Gasteiger partial charge >= 0.3 is 5.97 Å². The van der Waals surface area contributed by atoms with Gasteiger partial charge < -0.3 is 59.1 Å². The smallest absolute Gasteiger partial charge is 0.338 e. The minimum Gasteiger partial charge on any atom is -0.504 e. The number of hydrogen-bond donors (Lipinski definition) is 6. The highest BCUT2D eigenvalue weighted by molar-refractivity contribution is 5.90. The average Bonchev–Trinajstić information content (AvgIpc) is 3.56. The maximum atomic E-state index is 12.9. The number of methoxy groups -OCH3 is 1. The number of aliphatic hydroxyl groups excluding tert-OH is 5. The summed E-state index contributed by atoms with van der Waals surface area (Å²) in [5.41, 5.74) is -1.03. The number of esters is 1. The van der Waals surface area contributed by atoms with E-state index in [9.17, 15) is 35.4 Å². The highest BCUT2D eigenvalue weighted by Gasteiger charge is 2.77. The van der Waals surface area contributed by atoms with Crippen molar-refractivity contribution in [3.8, 4) is 11.5 Å². The molecule has 5 rings (SSSR count). The fourth-order valence-corrected chi connectivity index (χ4v) is 5.28. The van der Waals surface area contributed by atoms with Crippen molar-refractivity contribution in [2.45, 2.75) is 54.8 Å². The molecule has 0 bridgehead atoms. The van der Waals surface area contributed by atoms with Crippen LogP contribution in [0.5, 0.6) is 11.5 Å². The first-order valence-electron chi connectivity index (χ1n) is 11.4. The molecule has 36 heavy (non-hydrogen) atoms. The molecule has 0 amide bonds. The number of fused-ring (bicyclic) bond motifs is 3. The number of aromatic hydroxyl groups is 1. The third kappa shape index (κ3) is 3.92. The number of phenols is 1. The molecule has 13 nitrogen and oxygen atoms in total. The van der Waals surface area contributed by atoms with Gasteiger partial charge in [-0.25, -0.2) is 4.79 Å². The van der Waals surface area contributed by atoms with Crippen LogP contribution in [-0.4, -0.2) is 112 Å². The lowest BCUT2D eigenvalue weighted by Crippen LogP contribution is -2.60. The number of benzene rings is 1. The summed E-state index contributed by atoms with van der Waals surface area (Å²) in [6, 6.07) is 4.02. The third-order valence-corrected chi connectivity index (χ3v) is 7.26. The maximum Gasteiger partial charge on any atom is 0.338 e. The van der Waals surface area contributed by atoms with Crippen LogP contribution in [0.2, 0.25) is 0 Å². The molecule has 6 N–H and O–H groups in total. The van der Waals surface area contributed by atoms with Gasteiger partial charge in [0.15, 0.2) is 17.8 Å². The van der Waals surface area contributed by atoms with Crippen molar-refractivity contribution < 1.29 is 63.9 Å². The van der Waals surface area contributed by atoms with Gasteiger partial charge in [0.25, 0.3) is 0 Å². The Morgan fingerprint density at radius 1 is 1.11 bits per heavy atom. The molecule has 3 heterocycles. The van der Waals surface area contributed by atoms with Gasteiger partial charge in [-0.1, -0.05) is 0 Å². The monoisotopic (exact) mass is 512 g/mol. The van der Waals surface area contributed by atoms with Gasteiger partial charge in [0.05, 0.1) is 38.1 Å². The first-order valence-corrected chi connectivity index (χ1v) is 11.4. The van der Waals surface area contributed by atoms with Crippen LogP contribution in [0, 0.1) is 11.8 Å². The summed E-state index contributed by atoms with van der Waals surface area (Å²) < 4.78 is 33.4. The lowest BCUT2D eigenvalue weighted by molar-refractivity contribution is -0.344. The van der Waals surface area contributed by atoms with Crippen LogP contribution in [-0.2, 0) is 23.7 Å². The molecule has 1 aromatic rings. The molecule has 1 aromatic carbocycles. The molecule has 0 aromatic heterocycles. The third-order valence-electron chi connectivity index (χ3n) is 7.26. The van der Waals surface area contributed by atoms with Gasteiger partial charge in [0.1, 0.15) is 42.2 Å². The van der Waals surface area contributed by atoms with Crippen LogP contribution in [0.3, 0.4) is 0 Å². The summed E-state index contributed by atoms with van der Waals surface area (Å²) in [6.45, 7) is -1.07. The van der Waals surface area contributed by atoms with E-state index in [1.807, 2.05) is 0 Å². The number of hydrogen-bond acceptors (Lipinski definition) is 13. The van der Waals surface area contributed by atoms with Crippen molar-refractivity contribution >= 4 is 5.97 Å². The van der Waals surface area contributed by atoms with E-state index in [4.69, 9.17) is 28.4 Å². The Morgan fingerprint density at radius 3 is 2.58 bits per heavy atom. The number of carbonyl (C=O) groups is 1. The fourth-order valence-electron chi connectivity index (χ4n) is 5.28. The largest absolute Gasteiger partial charge is 0.504 e. The Kier molecular flexibility index (Phi) is 6.59. The zero-order chi connectivity index (χ0) is 25.8. The van der Waals surface area contributed by atoms with Gasteiger partial charge in [-0.2, -0.15) is 0 Å². The quantitative estimate of drug-likeness (QED) is 0.173. The number of rotatable bonds is 7. The molecule has 0 unspecified atom stereocenters. The van der Waals surface area contributed by atoms with E-state index in [1.165, 1.54) is 31.6 Å². The summed E-state index contributed by atoms with van der Waals surface area (Å²) in [5, 5.41) is 59.8. The zero-order valence-electron chi connectivity index (χ0n) is 19.1. The van der Waals surface area contributed by atoms with E-state index in [0.29, 0.717) is 0 Å². The number of epoxide rings is 1. The minimum atomic E-state index is -1.66. The maximum absolute atomic E-state index is 12.9. The Labute approximate surface area is 205 Å². The average molecular weight is 512 g/mol. The summed E-state index contributed by atoms with van der Waals surface area (Å²) in [7, 11) is 1.35. The summed E-state index contributed by atoms with van der Waals surface area (Å²) in [6.07, 6.45) is -7.19. The van der Waals surface area contributed by atoms with E-state index in [1.54, 1.807) is 6.08 Å². The van der Waals surface area contributed by atoms with Crippen LogP contribution in [0.4, 0.5) is 0 Å². The molecule has 3 fully saturated rings. The molecule has 2 saturated heterocycles. The molecule has 0 spiro atoms. The molecular formula is C23H28O13. The summed E-state index contributed by atoms with van der Waals surface area (Å²) in [4.78, 5) is 12.9. The molecular weight excluding hydrogens is 484 g/mol. The van der Waals surface area contributed by atoms with Crippen molar-refractivity contribution in [1.29, 1.82) is 0 Å². The Hall–Kier alpha value is -2.49. The molecule has 4 aliphatic rings. The number of carbonyl (C=O) groups excluding carboxylic acids is 1. The van der Waals surface area contributed by atoms with Crippen LogP contribution < -0.4 is 4.74 Å². The number of aliphatic hydroxyl groups is 5. The summed E-state index contributed by atoms with van der Waals surface area (Å²) in [5.74, 6) is -1.95. The highest BCUT2D eigenvalue weighted by atomic mass is 16.8. The molecule has 0 radical (unpaired) electrons. The predicted octanol–water partition coefficient (Wildman–Crippen LogP) is -2.01. The van der Waals surface area contributed by atoms with Gasteiger partial charge in [-0.05, 0) is 24.3 Å². The van der Waals surface area contributed by atoms with Crippen molar-refractivity contribution in [3.05, 3.63) is 36.1 Å². The van der Waals surface area contributed by atoms with Gasteiger partial charge in [-0.3, -0.25) is 0 Å². The second-order valence-corrected chi connectivity index (χ2v) is 9.18. The molecule has 1 aliphatic carbocycles. The van der Waals surface area contributed by atoms with Crippen LogP contribution in [0.1, 0.15) is 10.4 Å². The Morgan fingerprint density at radius 2 is 1.89 bits per heavy atom. The first-order chi connectivity index (χ1) is 17.2. The van der Waals surface area contributed by atoms with Crippen molar-refractivity contribution in [2.24, 2.45) is 11.8 Å². The SMILES string of the molecule is COc1cc(C(=O)O[C@@H]2[C@@H]3C=CO[C@H](O[C@@H]4O[C@H](CO)[C@@H](O)[C@@H](O)[C@H]4O)[C@@H]3[C@@]3(CO)O[C@H]23)ccc1O. The van der Waals surface area contributed by atoms with E-state index in [0.717, 1.165) is 0 Å². The van der Waals surface area contributed by atoms with Crippen molar-refractivity contribution in [1.82, 2.24) is 0 Å². The van der Waals surface area contributed by atoms with Crippen LogP contribution in [0.25, 0.3) is 0 Å². The Bertz CT molecular complexity index is 1010. The van der Waals surface area contributed by atoms with Crippen LogP contribution in [0.15, 0.2) is 30.5 Å². The lowest BCUT2D eigenvalue weighted by atomic mass is 9.85. The van der Waals surface area contributed by atoms with Crippen molar-refractivity contribution in [2.75, 3.05) is 20.3 Å². The molecule has 13 heteroatoms. The zero-order valence-corrected chi connectivity index (χ0v) is 19.1. The van der Waals surface area contributed by atoms with E-state index >= 15 is 0 Å². The number of phenolic OH excluding ortho intramolecular Hbond substituents is 1. The highest BCUT2D eigenvalue weighted by Crippen LogP contribution is 2.60. The van der Waals surface area contributed by atoms with Crippen molar-refractivity contribution in [3.63, 3.8) is 0 Å². The Balaban J connectivity index is 1.35. The first kappa shape index (κ1) is 25.2. The van der Waals surface area contributed by atoms with E-state index in [-0.39, 0.29) is 17.1 Å². The fraction of sp³-hybridized carbons (Fsp3) is 0.609. The predicted molar refractivity (Wildman–Crippen MR) is 114 cm³/mol. The van der Waals surface area contributed by atoms with E-state index < -0.39 is 85.8 Å². The second kappa shape index (κ2) is 9.43.